The van der Waals surface area contributed by atoms with Crippen LogP contribution >= 0.6 is 0 Å². The average molecular weight is 1340 g/mol. The van der Waals surface area contributed by atoms with E-state index in [4.69, 9.17) is 0 Å². The van der Waals surface area contributed by atoms with Crippen LogP contribution in [0.15, 0.2) is 273 Å². The Labute approximate surface area is 611 Å². The maximum absolute atomic E-state index is 2.54. The fourth-order valence-electron chi connectivity index (χ4n) is 17.6. The lowest BCUT2D eigenvalue weighted by molar-refractivity contribution is 0.555. The summed E-state index contributed by atoms with van der Waals surface area (Å²) in [5.74, 6) is 0.405. The molecule has 0 radical (unpaired) electrons. The first-order chi connectivity index (χ1) is 48.5. The van der Waals surface area contributed by atoms with Gasteiger partial charge in [0.2, 0.25) is 0 Å². The molecule has 3 nitrogen and oxygen atoms in total. The first-order valence-electron chi connectivity index (χ1n) is 37.2. The highest BCUT2D eigenvalue weighted by molar-refractivity contribution is 5.90. The van der Waals surface area contributed by atoms with Crippen molar-refractivity contribution in [1.29, 1.82) is 0 Å². The Morgan fingerprint density at radius 3 is 0.912 bits per heavy atom. The molecule has 0 spiro atoms. The lowest BCUT2D eigenvalue weighted by Crippen LogP contribution is -2.38. The topological polar surface area (TPSA) is 9.72 Å². The number of rotatable bonds is 11. The van der Waals surface area contributed by atoms with Gasteiger partial charge in [-0.25, -0.2) is 0 Å². The van der Waals surface area contributed by atoms with E-state index in [-0.39, 0.29) is 32.9 Å². The van der Waals surface area contributed by atoms with Crippen LogP contribution in [0.4, 0.5) is 34.1 Å². The molecule has 0 aromatic heterocycles. The Morgan fingerprint density at radius 1 is 0.284 bits per heavy atom. The first kappa shape index (κ1) is 70.5. The van der Waals surface area contributed by atoms with Crippen LogP contribution in [0.3, 0.4) is 0 Å². The molecule has 0 fully saturated rings. The second-order valence-corrected chi connectivity index (χ2v) is 33.3. The molecule has 0 saturated carbocycles. The Balaban J connectivity index is 0.000000137. The average Bonchev–Trinajstić information content (AvgIpc) is 1.56. The number of anilines is 6. The molecular formula is C99H105N3. The molecule has 516 valence electrons. The SMILES string of the molecule is CC(C)c1c(N(c2ccc(-c3ccccc3)cc2)C(C)(C)C)ccc2c1C(C)(C)c1ccccc1-2.CCc1c(N(c2ccc(-c3ccccc3)cc2)C(C)(C)C)ccc2c1C(C)(C)c1ccccc1-2.Cc1c(N(c2ccc(-c3ccccc3)cc2)C(C)(C)C)ccc2c1C(C)(C)c1ccccc1-2. The zero-order chi connectivity index (χ0) is 72.4. The van der Waals surface area contributed by atoms with Crippen LogP contribution in [-0.2, 0) is 22.7 Å². The van der Waals surface area contributed by atoms with E-state index in [1.165, 1.54) is 151 Å². The van der Waals surface area contributed by atoms with E-state index in [0.29, 0.717) is 5.92 Å². The minimum Gasteiger partial charge on any atom is -0.336 e. The molecule has 0 amide bonds. The monoisotopic (exact) mass is 1340 g/mol. The maximum Gasteiger partial charge on any atom is 0.0454 e. The normalized spacial score (nSPS) is 14.0. The van der Waals surface area contributed by atoms with Crippen LogP contribution < -0.4 is 14.7 Å². The molecule has 0 unspecified atom stereocenters. The highest BCUT2D eigenvalue weighted by Gasteiger charge is 2.43. The lowest BCUT2D eigenvalue weighted by Gasteiger charge is -2.41. The fourth-order valence-corrected chi connectivity index (χ4v) is 17.6. The van der Waals surface area contributed by atoms with Gasteiger partial charge in [0.05, 0.1) is 0 Å². The van der Waals surface area contributed by atoms with Gasteiger partial charge < -0.3 is 14.7 Å². The van der Waals surface area contributed by atoms with Crippen molar-refractivity contribution in [1.82, 2.24) is 0 Å². The van der Waals surface area contributed by atoms with Crippen molar-refractivity contribution >= 4 is 34.1 Å². The molecule has 0 atom stereocenters. The van der Waals surface area contributed by atoms with Gasteiger partial charge in [-0.2, -0.15) is 0 Å². The van der Waals surface area contributed by atoms with Crippen molar-refractivity contribution in [2.75, 3.05) is 14.7 Å². The Kier molecular flexibility index (Phi) is 18.7. The van der Waals surface area contributed by atoms with E-state index in [0.717, 1.165) is 6.42 Å². The second kappa shape index (κ2) is 27.1. The summed E-state index contributed by atoms with van der Waals surface area (Å²) in [6, 6.07) is 99.8. The third-order valence-electron chi connectivity index (χ3n) is 21.9. The smallest absolute Gasteiger partial charge is 0.0454 e. The summed E-state index contributed by atoms with van der Waals surface area (Å²) in [6.45, 7) is 44.3. The van der Waals surface area contributed by atoms with E-state index in [2.05, 4.69) is 419 Å². The maximum atomic E-state index is 2.54. The summed E-state index contributed by atoms with van der Waals surface area (Å²) < 4.78 is 0. The number of fused-ring (bicyclic) bond motifs is 9. The van der Waals surface area contributed by atoms with Gasteiger partial charge in [-0.15, -0.1) is 0 Å². The van der Waals surface area contributed by atoms with E-state index in [1.807, 2.05) is 0 Å². The van der Waals surface area contributed by atoms with Crippen molar-refractivity contribution in [2.45, 2.75) is 177 Å². The molecule has 102 heavy (non-hydrogen) atoms. The van der Waals surface area contributed by atoms with Gasteiger partial charge in [0, 0.05) is 67.0 Å². The molecule has 12 aromatic rings. The molecule has 0 aliphatic heterocycles. The van der Waals surface area contributed by atoms with Crippen LogP contribution in [0.25, 0.3) is 66.8 Å². The molecule has 3 aliphatic rings. The summed E-state index contributed by atoms with van der Waals surface area (Å²) in [7, 11) is 0. The highest BCUT2D eigenvalue weighted by Crippen LogP contribution is 2.57. The summed E-state index contributed by atoms with van der Waals surface area (Å²) in [5.41, 5.74) is 36.2. The predicted molar refractivity (Wildman–Crippen MR) is 442 cm³/mol. The predicted octanol–water partition coefficient (Wildman–Crippen LogP) is 27.8. The first-order valence-corrected chi connectivity index (χ1v) is 37.2. The van der Waals surface area contributed by atoms with Gasteiger partial charge in [-0.1, -0.05) is 281 Å². The number of benzene rings is 12. The van der Waals surface area contributed by atoms with Gasteiger partial charge in [-0.3, -0.25) is 0 Å². The second-order valence-electron chi connectivity index (χ2n) is 33.3. The molecule has 0 heterocycles. The third-order valence-corrected chi connectivity index (χ3v) is 21.9. The van der Waals surface area contributed by atoms with Crippen molar-refractivity contribution in [3.8, 4) is 66.8 Å². The van der Waals surface area contributed by atoms with Crippen LogP contribution in [0, 0.1) is 6.92 Å². The van der Waals surface area contributed by atoms with Gasteiger partial charge >= 0.3 is 0 Å². The number of hydrogen-bond donors (Lipinski definition) is 0. The van der Waals surface area contributed by atoms with E-state index >= 15 is 0 Å². The quantitative estimate of drug-likeness (QED) is 0.128. The zero-order valence-electron chi connectivity index (χ0n) is 64.1. The molecular weight excluding hydrogens is 1230 g/mol. The lowest BCUT2D eigenvalue weighted by atomic mass is 9.77. The largest absolute Gasteiger partial charge is 0.336 e. The van der Waals surface area contributed by atoms with Gasteiger partial charge in [-0.05, 0) is 253 Å². The molecule has 0 N–H and O–H groups in total. The van der Waals surface area contributed by atoms with Crippen LogP contribution in [0.1, 0.15) is 181 Å². The Morgan fingerprint density at radius 2 is 0.559 bits per heavy atom. The Bertz CT molecular complexity index is 4990. The van der Waals surface area contributed by atoms with E-state index in [9.17, 15) is 0 Å². The zero-order valence-corrected chi connectivity index (χ0v) is 64.1. The Hall–Kier alpha value is -9.96. The molecule has 12 aromatic carbocycles. The van der Waals surface area contributed by atoms with E-state index in [1.54, 1.807) is 0 Å². The van der Waals surface area contributed by atoms with Crippen LogP contribution in [0.2, 0.25) is 0 Å². The van der Waals surface area contributed by atoms with Gasteiger partial charge in [0.1, 0.15) is 0 Å². The fraction of sp³-hybridized carbons (Fsp3) is 0.273. The summed E-state index contributed by atoms with van der Waals surface area (Å²) in [4.78, 5) is 7.56. The van der Waals surface area contributed by atoms with Crippen molar-refractivity contribution in [3.05, 3.63) is 323 Å². The molecule has 0 bridgehead atoms. The minimum atomic E-state index is -0.0816. The summed E-state index contributed by atoms with van der Waals surface area (Å²) >= 11 is 0. The molecule has 3 heteroatoms. The molecule has 3 aliphatic carbocycles. The standard InChI is InChI=1S/C34H37N.C33H35N.C32H33N/c1-23(2)31-30(22-21-28-27-15-11-12-16-29(27)34(6,7)32(28)31)35(33(3,4)5)26-19-17-25(18-20-26)24-13-9-8-10-14-24;1-7-26-30(22-21-28-27-15-11-12-16-29(27)33(5,6)31(26)28)34(32(2,3)4)25-19-17-24(18-20-25)23-13-9-8-10-14-23;1-22-29(21-20-27-26-14-10-11-15-28(26)32(5,6)30(22)27)33(31(2,3)4)25-18-16-24(17-19-25)23-12-8-7-9-13-23/h8-23H,1-7H3;8-22H,7H2,1-6H3;7-21H,1-6H3. The van der Waals surface area contributed by atoms with Gasteiger partial charge in [0.25, 0.3) is 0 Å². The summed E-state index contributed by atoms with van der Waals surface area (Å²) in [6.07, 6.45) is 1.00. The number of nitrogens with zero attached hydrogens (tertiary/aromatic N) is 3. The number of hydrogen-bond acceptors (Lipinski definition) is 3. The van der Waals surface area contributed by atoms with Crippen molar-refractivity contribution < 1.29 is 0 Å². The van der Waals surface area contributed by atoms with Crippen molar-refractivity contribution in [3.63, 3.8) is 0 Å². The summed E-state index contributed by atoms with van der Waals surface area (Å²) in [5, 5.41) is 0. The van der Waals surface area contributed by atoms with Crippen LogP contribution in [-0.4, -0.2) is 16.6 Å². The van der Waals surface area contributed by atoms with Gasteiger partial charge in [0.15, 0.2) is 0 Å². The minimum absolute atomic E-state index is 0.00595. The van der Waals surface area contributed by atoms with Crippen molar-refractivity contribution in [2.24, 2.45) is 0 Å². The molecule has 15 rings (SSSR count). The van der Waals surface area contributed by atoms with E-state index < -0.39 is 0 Å². The van der Waals surface area contributed by atoms with Crippen LogP contribution in [0.5, 0.6) is 0 Å². The third kappa shape index (κ3) is 12.8. The molecule has 0 saturated heterocycles. The highest BCUT2D eigenvalue weighted by atomic mass is 15.2.